The van der Waals surface area contributed by atoms with E-state index in [1.165, 1.54) is 30.2 Å². The van der Waals surface area contributed by atoms with Crippen LogP contribution in [0.1, 0.15) is 17.0 Å². The summed E-state index contributed by atoms with van der Waals surface area (Å²) >= 11 is 6.18. The van der Waals surface area contributed by atoms with Crippen molar-refractivity contribution in [3.8, 4) is 12.1 Å². The Labute approximate surface area is 189 Å². The molecule has 0 amide bonds. The standard InChI is InChI=1S/C23H17ClN4O4/c1-31-22(29)19-18(13-6-4-3-5-7-13)16(12-26)21(27)28(20(19)23(30)32-2)15-9-8-14(11-25)17(24)10-15/h3-10,18H,27H2,1-2H3. The molecule has 0 spiro atoms. The average Bonchev–Trinajstić information content (AvgIpc) is 2.82. The molecule has 0 saturated heterocycles. The van der Waals surface area contributed by atoms with Crippen molar-refractivity contribution in [1.82, 2.24) is 0 Å². The molecular formula is C23H17ClN4O4. The predicted octanol–water partition coefficient (Wildman–Crippen LogP) is 3.11. The molecule has 3 rings (SSSR count). The summed E-state index contributed by atoms with van der Waals surface area (Å²) in [6, 6.07) is 17.0. The Morgan fingerprint density at radius 1 is 1.03 bits per heavy atom. The van der Waals surface area contributed by atoms with Gasteiger partial charge in [-0.05, 0) is 23.8 Å². The molecule has 1 aliphatic rings. The second-order valence-electron chi connectivity index (χ2n) is 6.61. The van der Waals surface area contributed by atoms with Crippen molar-refractivity contribution in [3.05, 3.63) is 87.3 Å². The van der Waals surface area contributed by atoms with Crippen molar-refractivity contribution >= 4 is 29.2 Å². The third kappa shape index (κ3) is 3.76. The number of esters is 2. The van der Waals surface area contributed by atoms with E-state index in [4.69, 9.17) is 32.1 Å². The topological polar surface area (TPSA) is 129 Å². The van der Waals surface area contributed by atoms with E-state index < -0.39 is 17.9 Å². The minimum atomic E-state index is -0.965. The molecule has 1 atom stereocenters. The van der Waals surface area contributed by atoms with Crippen LogP contribution in [0.4, 0.5) is 5.69 Å². The first kappa shape index (κ1) is 22.4. The fraction of sp³-hybridized carbons (Fsp3) is 0.130. The first-order valence-electron chi connectivity index (χ1n) is 9.24. The molecule has 2 aromatic rings. The van der Waals surface area contributed by atoms with Crippen LogP contribution in [0.15, 0.2) is 71.2 Å². The number of nitrogens with zero attached hydrogens (tertiary/aromatic N) is 3. The minimum Gasteiger partial charge on any atom is -0.466 e. The van der Waals surface area contributed by atoms with Crippen LogP contribution in [-0.4, -0.2) is 26.2 Å². The fourth-order valence-corrected chi connectivity index (χ4v) is 3.73. The SMILES string of the molecule is COC(=O)C1=C(C(=O)OC)N(c2ccc(C#N)c(Cl)c2)C(N)=C(C#N)C1c1ccccc1. The molecule has 1 unspecified atom stereocenters. The van der Waals surface area contributed by atoms with Gasteiger partial charge >= 0.3 is 11.9 Å². The molecule has 0 radical (unpaired) electrons. The van der Waals surface area contributed by atoms with Gasteiger partial charge < -0.3 is 15.2 Å². The van der Waals surface area contributed by atoms with Gasteiger partial charge in [-0.15, -0.1) is 0 Å². The van der Waals surface area contributed by atoms with Gasteiger partial charge in [-0.3, -0.25) is 4.90 Å². The van der Waals surface area contributed by atoms with Gasteiger partial charge in [-0.2, -0.15) is 10.5 Å². The maximum atomic E-state index is 12.9. The first-order valence-corrected chi connectivity index (χ1v) is 9.62. The third-order valence-corrected chi connectivity index (χ3v) is 5.25. The smallest absolute Gasteiger partial charge is 0.355 e. The van der Waals surface area contributed by atoms with E-state index in [0.717, 1.165) is 7.11 Å². The molecule has 0 aromatic heterocycles. The maximum Gasteiger partial charge on any atom is 0.355 e. The van der Waals surface area contributed by atoms with E-state index in [9.17, 15) is 14.9 Å². The first-order chi connectivity index (χ1) is 15.4. The number of hydrogen-bond acceptors (Lipinski definition) is 8. The molecular weight excluding hydrogens is 432 g/mol. The van der Waals surface area contributed by atoms with Crippen LogP contribution in [0.3, 0.4) is 0 Å². The van der Waals surface area contributed by atoms with Gasteiger partial charge in [-0.1, -0.05) is 41.9 Å². The number of rotatable bonds is 4. The summed E-state index contributed by atoms with van der Waals surface area (Å²) in [4.78, 5) is 27.1. The van der Waals surface area contributed by atoms with Crippen LogP contribution in [0, 0.1) is 22.7 Å². The Hall–Kier alpha value is -4.27. The molecule has 0 saturated carbocycles. The van der Waals surface area contributed by atoms with Crippen molar-refractivity contribution in [1.29, 1.82) is 10.5 Å². The van der Waals surface area contributed by atoms with E-state index >= 15 is 0 Å². The molecule has 0 aliphatic carbocycles. The van der Waals surface area contributed by atoms with Crippen LogP contribution >= 0.6 is 11.6 Å². The zero-order valence-electron chi connectivity index (χ0n) is 17.1. The summed E-state index contributed by atoms with van der Waals surface area (Å²) in [5, 5.41) is 19.2. The number of nitrogens with two attached hydrogens (primary N) is 1. The minimum absolute atomic E-state index is 0.0322. The summed E-state index contributed by atoms with van der Waals surface area (Å²) in [5.41, 5.74) is 7.10. The molecule has 9 heteroatoms. The van der Waals surface area contributed by atoms with Gasteiger partial charge in [0, 0.05) is 5.69 Å². The van der Waals surface area contributed by atoms with Crippen LogP contribution in [-0.2, 0) is 19.1 Å². The normalized spacial score (nSPS) is 15.7. The maximum absolute atomic E-state index is 12.9. The molecule has 1 heterocycles. The Balaban J connectivity index is 2.41. The van der Waals surface area contributed by atoms with Crippen molar-refractivity contribution in [2.75, 3.05) is 19.1 Å². The Kier molecular flexibility index (Phi) is 6.48. The lowest BCUT2D eigenvalue weighted by molar-refractivity contribution is -0.139. The highest BCUT2D eigenvalue weighted by molar-refractivity contribution is 6.32. The number of nitriles is 2. The van der Waals surface area contributed by atoms with E-state index in [-0.39, 0.29) is 38.9 Å². The highest BCUT2D eigenvalue weighted by atomic mass is 35.5. The highest BCUT2D eigenvalue weighted by Gasteiger charge is 2.43. The van der Waals surface area contributed by atoms with Crippen molar-refractivity contribution in [2.24, 2.45) is 5.73 Å². The summed E-state index contributed by atoms with van der Waals surface area (Å²) < 4.78 is 9.92. The molecule has 2 N–H and O–H groups in total. The molecule has 1 aliphatic heterocycles. The molecule has 0 bridgehead atoms. The quantitative estimate of drug-likeness (QED) is 0.706. The Bertz CT molecular complexity index is 1240. The lowest BCUT2D eigenvalue weighted by Gasteiger charge is -2.36. The van der Waals surface area contributed by atoms with Crippen molar-refractivity contribution < 1.29 is 19.1 Å². The Morgan fingerprint density at radius 3 is 2.22 bits per heavy atom. The number of carbonyl (C=O) groups excluding carboxylic acids is 2. The average molecular weight is 449 g/mol. The molecule has 2 aromatic carbocycles. The van der Waals surface area contributed by atoms with Crippen LogP contribution in [0.5, 0.6) is 0 Å². The second kappa shape index (κ2) is 9.25. The fourth-order valence-electron chi connectivity index (χ4n) is 3.52. The molecule has 32 heavy (non-hydrogen) atoms. The second-order valence-corrected chi connectivity index (χ2v) is 7.02. The van der Waals surface area contributed by atoms with Gasteiger partial charge in [0.1, 0.15) is 17.6 Å². The van der Waals surface area contributed by atoms with E-state index in [1.54, 1.807) is 30.3 Å². The lowest BCUT2D eigenvalue weighted by atomic mass is 9.81. The number of allylic oxidation sites excluding steroid dienone is 1. The van der Waals surface area contributed by atoms with Crippen molar-refractivity contribution in [2.45, 2.75) is 5.92 Å². The predicted molar refractivity (Wildman–Crippen MR) is 116 cm³/mol. The van der Waals surface area contributed by atoms with Gasteiger partial charge in [0.15, 0.2) is 0 Å². The largest absolute Gasteiger partial charge is 0.466 e. The van der Waals surface area contributed by atoms with Crippen molar-refractivity contribution in [3.63, 3.8) is 0 Å². The Morgan fingerprint density at radius 2 is 1.69 bits per heavy atom. The van der Waals surface area contributed by atoms with Crippen LogP contribution in [0.25, 0.3) is 0 Å². The number of methoxy groups -OCH3 is 2. The molecule has 8 nitrogen and oxygen atoms in total. The highest BCUT2D eigenvalue weighted by Crippen LogP contribution is 2.43. The summed E-state index contributed by atoms with van der Waals surface area (Å²) in [6.45, 7) is 0. The van der Waals surface area contributed by atoms with Crippen LogP contribution in [0.2, 0.25) is 5.02 Å². The molecule has 160 valence electrons. The number of hydrogen-bond donors (Lipinski definition) is 1. The zero-order chi connectivity index (χ0) is 23.4. The van der Waals surface area contributed by atoms with E-state index in [0.29, 0.717) is 5.56 Å². The van der Waals surface area contributed by atoms with Gasteiger partial charge in [0.05, 0.1) is 47.9 Å². The monoisotopic (exact) mass is 448 g/mol. The van der Waals surface area contributed by atoms with Gasteiger partial charge in [-0.25, -0.2) is 9.59 Å². The number of benzene rings is 2. The summed E-state index contributed by atoms with van der Waals surface area (Å²) in [6.07, 6.45) is 0. The number of carbonyl (C=O) groups is 2. The summed E-state index contributed by atoms with van der Waals surface area (Å²) in [7, 11) is 2.33. The van der Waals surface area contributed by atoms with Gasteiger partial charge in [0.25, 0.3) is 0 Å². The van der Waals surface area contributed by atoms with Crippen LogP contribution < -0.4 is 10.6 Å². The van der Waals surface area contributed by atoms with E-state index in [2.05, 4.69) is 6.07 Å². The number of halogens is 1. The number of anilines is 1. The lowest BCUT2D eigenvalue weighted by Crippen LogP contribution is -2.40. The van der Waals surface area contributed by atoms with Gasteiger partial charge in [0.2, 0.25) is 0 Å². The molecule has 0 fully saturated rings. The summed E-state index contributed by atoms with van der Waals surface area (Å²) in [5.74, 6) is -2.75. The number of ether oxygens (including phenoxy) is 2. The third-order valence-electron chi connectivity index (χ3n) is 4.94. The van der Waals surface area contributed by atoms with E-state index in [1.807, 2.05) is 6.07 Å². The zero-order valence-corrected chi connectivity index (χ0v) is 17.9.